The molecule has 43 valence electrons. The van der Waals surface area contributed by atoms with Gasteiger partial charge in [0.2, 0.25) is 0 Å². The first-order valence-electron chi connectivity index (χ1n) is 2.67. The maximum atomic E-state index is 4.84. The van der Waals surface area contributed by atoms with Gasteiger partial charge < -0.3 is 4.52 Å². The number of hydrogen-bond donors (Lipinski definition) is 0. The van der Waals surface area contributed by atoms with Gasteiger partial charge in [0.1, 0.15) is 0 Å². The maximum Gasteiger partial charge on any atom is 0.167 e. The van der Waals surface area contributed by atoms with Gasteiger partial charge in [-0.1, -0.05) is 11.2 Å². The van der Waals surface area contributed by atoms with Crippen molar-refractivity contribution in [2.24, 2.45) is 0 Å². The minimum atomic E-state index is 0.789. The van der Waals surface area contributed by atoms with E-state index in [1.165, 1.54) is 0 Å². The number of rotatable bonds is 0. The molecule has 2 heteroatoms. The van der Waals surface area contributed by atoms with Crippen molar-refractivity contribution in [3.05, 3.63) is 30.5 Å². The Morgan fingerprint density at radius 3 is 3.44 bits per heavy atom. The lowest BCUT2D eigenvalue weighted by molar-refractivity contribution is 0.456. The van der Waals surface area contributed by atoms with Crippen molar-refractivity contribution < 1.29 is 4.52 Å². The van der Waals surface area contributed by atoms with E-state index in [1.54, 1.807) is 12.3 Å². The Kier molecular flexibility index (Phi) is 0.803. The van der Waals surface area contributed by atoms with Gasteiger partial charge in [-0.3, -0.25) is 0 Å². The lowest BCUT2D eigenvalue weighted by Crippen LogP contribution is -1.58. The molecule has 1 aromatic carbocycles. The van der Waals surface area contributed by atoms with E-state index in [-0.39, 0.29) is 0 Å². The Labute approximate surface area is 52.1 Å². The van der Waals surface area contributed by atoms with Gasteiger partial charge in [0.05, 0.1) is 6.20 Å². The molecule has 0 spiro atoms. The highest BCUT2D eigenvalue weighted by molar-refractivity contribution is 5.74. The second-order valence-corrected chi connectivity index (χ2v) is 1.79. The van der Waals surface area contributed by atoms with Gasteiger partial charge in [-0.15, -0.1) is 0 Å². The van der Waals surface area contributed by atoms with Crippen LogP contribution in [0.4, 0.5) is 0 Å². The smallest absolute Gasteiger partial charge is 0.167 e. The summed E-state index contributed by atoms with van der Waals surface area (Å²) in [5, 5.41) is 4.63. The monoisotopic (exact) mass is 118 g/mol. The van der Waals surface area contributed by atoms with Crippen LogP contribution in [0.5, 0.6) is 0 Å². The molecule has 2 nitrogen and oxygen atoms in total. The van der Waals surface area contributed by atoms with E-state index in [4.69, 9.17) is 4.52 Å². The van der Waals surface area contributed by atoms with Crippen LogP contribution in [0.2, 0.25) is 0 Å². The molecule has 9 heavy (non-hydrogen) atoms. The van der Waals surface area contributed by atoms with Gasteiger partial charge in [0.25, 0.3) is 0 Å². The third-order valence-corrected chi connectivity index (χ3v) is 1.20. The Balaban J connectivity index is 2.95. The van der Waals surface area contributed by atoms with Gasteiger partial charge in [-0.05, 0) is 18.2 Å². The van der Waals surface area contributed by atoms with Crippen molar-refractivity contribution in [3.8, 4) is 0 Å². The van der Waals surface area contributed by atoms with Crippen LogP contribution in [0.15, 0.2) is 28.9 Å². The molecule has 1 heterocycles. The molecule has 0 saturated heterocycles. The highest BCUT2D eigenvalue weighted by Crippen LogP contribution is 2.09. The first-order chi connectivity index (χ1) is 4.47. The average Bonchev–Trinajstić information content (AvgIpc) is 2.33. The summed E-state index contributed by atoms with van der Waals surface area (Å²) in [7, 11) is 0. The molecule has 2 rings (SSSR count). The van der Waals surface area contributed by atoms with Crippen molar-refractivity contribution in [2.45, 2.75) is 0 Å². The summed E-state index contributed by atoms with van der Waals surface area (Å²) in [6.07, 6.45) is 1.68. The third-order valence-electron chi connectivity index (χ3n) is 1.20. The zero-order valence-electron chi connectivity index (χ0n) is 4.66. The van der Waals surface area contributed by atoms with E-state index in [1.807, 2.05) is 12.1 Å². The Hall–Kier alpha value is -1.31. The number of benzene rings is 1. The van der Waals surface area contributed by atoms with Gasteiger partial charge in [-0.2, -0.15) is 0 Å². The van der Waals surface area contributed by atoms with Crippen molar-refractivity contribution in [3.63, 3.8) is 0 Å². The molecular formula is C7H4NO. The van der Waals surface area contributed by atoms with Crippen molar-refractivity contribution >= 4 is 11.0 Å². The quantitative estimate of drug-likeness (QED) is 0.525. The van der Waals surface area contributed by atoms with E-state index < -0.39 is 0 Å². The van der Waals surface area contributed by atoms with Crippen LogP contribution in [-0.2, 0) is 0 Å². The average molecular weight is 118 g/mol. The Bertz CT molecular complexity index is 283. The zero-order chi connectivity index (χ0) is 6.10. The van der Waals surface area contributed by atoms with Crippen LogP contribution in [0, 0.1) is 6.07 Å². The molecule has 0 N–H and O–H groups in total. The summed E-state index contributed by atoms with van der Waals surface area (Å²) in [4.78, 5) is 0. The van der Waals surface area contributed by atoms with Crippen molar-refractivity contribution in [2.75, 3.05) is 0 Å². The van der Waals surface area contributed by atoms with E-state index >= 15 is 0 Å². The minimum absolute atomic E-state index is 0.789. The summed E-state index contributed by atoms with van der Waals surface area (Å²) in [6, 6.07) is 8.40. The molecule has 0 bridgehead atoms. The van der Waals surface area contributed by atoms with E-state index in [0.29, 0.717) is 0 Å². The molecule has 0 aliphatic carbocycles. The van der Waals surface area contributed by atoms with Crippen LogP contribution in [0.1, 0.15) is 0 Å². The topological polar surface area (TPSA) is 26.0 Å². The van der Waals surface area contributed by atoms with E-state index in [9.17, 15) is 0 Å². The van der Waals surface area contributed by atoms with Crippen LogP contribution < -0.4 is 0 Å². The normalized spacial score (nSPS) is 10.2. The Morgan fingerprint density at radius 2 is 2.56 bits per heavy atom. The maximum absolute atomic E-state index is 4.84. The van der Waals surface area contributed by atoms with Crippen molar-refractivity contribution in [1.82, 2.24) is 5.16 Å². The molecule has 0 atom stereocenters. The molecule has 2 aromatic rings. The predicted molar refractivity (Wildman–Crippen MR) is 32.8 cm³/mol. The highest BCUT2D eigenvalue weighted by Gasteiger charge is 1.91. The highest BCUT2D eigenvalue weighted by atomic mass is 16.5. The second kappa shape index (κ2) is 1.58. The van der Waals surface area contributed by atoms with Crippen LogP contribution >= 0.6 is 0 Å². The number of nitrogens with zero attached hydrogens (tertiary/aromatic N) is 1. The van der Waals surface area contributed by atoms with E-state index in [0.717, 1.165) is 11.0 Å². The number of aromatic nitrogens is 1. The van der Waals surface area contributed by atoms with Gasteiger partial charge in [-0.25, -0.2) is 0 Å². The largest absolute Gasteiger partial charge is 0.356 e. The first kappa shape index (κ1) is 4.56. The van der Waals surface area contributed by atoms with Gasteiger partial charge in [0, 0.05) is 5.39 Å². The standard InChI is InChI=1S/C7H4NO/c1-2-4-7-6(3-1)5-8-9-7/h1,3-5H. The molecule has 0 aliphatic heterocycles. The molecular weight excluding hydrogens is 114 g/mol. The molecule has 1 aromatic heterocycles. The second-order valence-electron chi connectivity index (χ2n) is 1.79. The SMILES string of the molecule is [c]1ccc2cnoc2c1. The molecule has 1 radical (unpaired) electrons. The lowest BCUT2D eigenvalue weighted by atomic mass is 10.3. The van der Waals surface area contributed by atoms with Crippen molar-refractivity contribution in [1.29, 1.82) is 0 Å². The molecule has 0 saturated carbocycles. The minimum Gasteiger partial charge on any atom is -0.356 e. The van der Waals surface area contributed by atoms with Gasteiger partial charge >= 0.3 is 0 Å². The number of fused-ring (bicyclic) bond motifs is 1. The third kappa shape index (κ3) is 0.598. The first-order valence-corrected chi connectivity index (χ1v) is 2.67. The summed E-state index contributed by atoms with van der Waals surface area (Å²) < 4.78 is 4.84. The molecule has 0 fully saturated rings. The summed E-state index contributed by atoms with van der Waals surface area (Å²) in [5.74, 6) is 0. The zero-order valence-corrected chi connectivity index (χ0v) is 4.66. The fraction of sp³-hybridized carbons (Fsp3) is 0. The van der Waals surface area contributed by atoms with Crippen LogP contribution in [0.25, 0.3) is 11.0 Å². The lowest BCUT2D eigenvalue weighted by Gasteiger charge is -1.78. The van der Waals surface area contributed by atoms with Gasteiger partial charge in [0.15, 0.2) is 5.58 Å². The predicted octanol–water partition coefficient (Wildman–Crippen LogP) is 1.63. The van der Waals surface area contributed by atoms with Crippen LogP contribution in [0.3, 0.4) is 0 Å². The van der Waals surface area contributed by atoms with Crippen LogP contribution in [-0.4, -0.2) is 5.16 Å². The molecule has 0 aliphatic rings. The fourth-order valence-electron chi connectivity index (χ4n) is 0.753. The summed E-state index contributed by atoms with van der Waals surface area (Å²) >= 11 is 0. The van der Waals surface area contributed by atoms with E-state index in [2.05, 4.69) is 11.2 Å². The number of hydrogen-bond acceptors (Lipinski definition) is 2. The summed E-state index contributed by atoms with van der Waals surface area (Å²) in [5.41, 5.74) is 0.789. The Morgan fingerprint density at radius 1 is 1.56 bits per heavy atom. The fourth-order valence-corrected chi connectivity index (χ4v) is 0.753. The molecule has 0 unspecified atom stereocenters. The summed E-state index contributed by atoms with van der Waals surface area (Å²) in [6.45, 7) is 0. The molecule has 0 amide bonds.